The Hall–Kier alpha value is -1.67. The van der Waals surface area contributed by atoms with E-state index in [0.717, 1.165) is 6.42 Å². The lowest BCUT2D eigenvalue weighted by molar-refractivity contribution is -0.126. The molecule has 0 amide bonds. The molecule has 0 aliphatic rings. The third kappa shape index (κ3) is 4.78. The van der Waals surface area contributed by atoms with E-state index in [1.807, 2.05) is 44.2 Å². The van der Waals surface area contributed by atoms with E-state index in [-0.39, 0.29) is 17.7 Å². The molecule has 2 atom stereocenters. The van der Waals surface area contributed by atoms with Crippen molar-refractivity contribution in [2.45, 2.75) is 26.3 Å². The van der Waals surface area contributed by atoms with E-state index in [9.17, 15) is 4.79 Å². The zero-order chi connectivity index (χ0) is 15.0. The van der Waals surface area contributed by atoms with E-state index in [4.69, 9.17) is 0 Å². The predicted octanol–water partition coefficient (Wildman–Crippen LogP) is 3.50. The lowest BCUT2D eigenvalue weighted by atomic mass is 9.93. The molecular weight excluding hydrogens is 246 g/mol. The Morgan fingerprint density at radius 3 is 2.20 bits per heavy atom. The number of ketones is 1. The van der Waals surface area contributed by atoms with Crippen LogP contribution in [-0.4, -0.2) is 29.8 Å². The normalized spacial score (nSPS) is 13.8. The molecule has 0 saturated heterocycles. The van der Waals surface area contributed by atoms with Gasteiger partial charge < -0.3 is 0 Å². The maximum absolute atomic E-state index is 12.5. The minimum Gasteiger partial charge on any atom is -0.298 e. The molecule has 2 unspecified atom stereocenters. The SMILES string of the molecule is C=CCN(CC=C)C(C)C(=O)C(C)Cc1ccccc1. The third-order valence-corrected chi connectivity index (χ3v) is 3.56. The topological polar surface area (TPSA) is 20.3 Å². The Morgan fingerprint density at radius 2 is 1.70 bits per heavy atom. The van der Waals surface area contributed by atoms with Crippen molar-refractivity contribution in [3.8, 4) is 0 Å². The van der Waals surface area contributed by atoms with Crippen molar-refractivity contribution < 1.29 is 4.79 Å². The Labute approximate surface area is 122 Å². The van der Waals surface area contributed by atoms with Crippen molar-refractivity contribution in [2.75, 3.05) is 13.1 Å². The average Bonchev–Trinajstić information content (AvgIpc) is 2.46. The fraction of sp³-hybridized carbons (Fsp3) is 0.389. The van der Waals surface area contributed by atoms with E-state index in [2.05, 4.69) is 30.2 Å². The summed E-state index contributed by atoms with van der Waals surface area (Å²) >= 11 is 0. The van der Waals surface area contributed by atoms with Crippen LogP contribution in [0.1, 0.15) is 19.4 Å². The second-order valence-corrected chi connectivity index (χ2v) is 5.20. The van der Waals surface area contributed by atoms with Crippen LogP contribution in [0.15, 0.2) is 55.6 Å². The Bertz CT molecular complexity index is 428. The summed E-state index contributed by atoms with van der Waals surface area (Å²) < 4.78 is 0. The summed E-state index contributed by atoms with van der Waals surface area (Å²) in [6, 6.07) is 10.0. The molecule has 0 aliphatic heterocycles. The first-order chi connectivity index (χ1) is 9.60. The molecule has 20 heavy (non-hydrogen) atoms. The highest BCUT2D eigenvalue weighted by molar-refractivity contribution is 5.85. The highest BCUT2D eigenvalue weighted by Crippen LogP contribution is 2.14. The monoisotopic (exact) mass is 271 g/mol. The van der Waals surface area contributed by atoms with Gasteiger partial charge in [0.25, 0.3) is 0 Å². The molecule has 0 fully saturated rings. The van der Waals surface area contributed by atoms with Crippen molar-refractivity contribution in [1.29, 1.82) is 0 Å². The highest BCUT2D eigenvalue weighted by Gasteiger charge is 2.24. The molecule has 1 aromatic rings. The molecule has 2 heteroatoms. The predicted molar refractivity (Wildman–Crippen MR) is 85.7 cm³/mol. The molecule has 0 bridgehead atoms. The fourth-order valence-corrected chi connectivity index (χ4v) is 2.38. The van der Waals surface area contributed by atoms with Gasteiger partial charge in [-0.15, -0.1) is 13.2 Å². The molecule has 1 aromatic carbocycles. The number of carbonyl (C=O) groups is 1. The fourth-order valence-electron chi connectivity index (χ4n) is 2.38. The van der Waals surface area contributed by atoms with E-state index in [1.165, 1.54) is 5.56 Å². The molecule has 108 valence electrons. The molecule has 0 heterocycles. The van der Waals surface area contributed by atoms with Crippen LogP contribution in [-0.2, 0) is 11.2 Å². The number of benzene rings is 1. The van der Waals surface area contributed by atoms with Crippen LogP contribution < -0.4 is 0 Å². The van der Waals surface area contributed by atoms with Gasteiger partial charge in [-0.1, -0.05) is 49.4 Å². The maximum atomic E-state index is 12.5. The van der Waals surface area contributed by atoms with Gasteiger partial charge in [0.1, 0.15) is 0 Å². The van der Waals surface area contributed by atoms with Gasteiger partial charge in [-0.25, -0.2) is 0 Å². The van der Waals surface area contributed by atoms with Crippen molar-refractivity contribution >= 4 is 5.78 Å². The van der Waals surface area contributed by atoms with Gasteiger partial charge in [0.05, 0.1) is 6.04 Å². The lowest BCUT2D eigenvalue weighted by Gasteiger charge is -2.27. The number of hydrogen-bond donors (Lipinski definition) is 0. The summed E-state index contributed by atoms with van der Waals surface area (Å²) in [7, 11) is 0. The number of hydrogen-bond acceptors (Lipinski definition) is 2. The quantitative estimate of drug-likeness (QED) is 0.641. The summed E-state index contributed by atoms with van der Waals surface area (Å²) in [5.41, 5.74) is 1.21. The van der Waals surface area contributed by atoms with Gasteiger partial charge in [-0.05, 0) is 18.9 Å². The minimum atomic E-state index is -0.107. The first-order valence-electron chi connectivity index (χ1n) is 7.13. The van der Waals surface area contributed by atoms with Crippen LogP contribution >= 0.6 is 0 Å². The average molecular weight is 271 g/mol. The van der Waals surface area contributed by atoms with E-state index >= 15 is 0 Å². The van der Waals surface area contributed by atoms with Gasteiger partial charge >= 0.3 is 0 Å². The van der Waals surface area contributed by atoms with E-state index < -0.39 is 0 Å². The Morgan fingerprint density at radius 1 is 1.15 bits per heavy atom. The van der Waals surface area contributed by atoms with Crippen molar-refractivity contribution in [1.82, 2.24) is 4.90 Å². The minimum absolute atomic E-state index is 0.0181. The summed E-state index contributed by atoms with van der Waals surface area (Å²) in [4.78, 5) is 14.6. The smallest absolute Gasteiger partial charge is 0.152 e. The first-order valence-corrected chi connectivity index (χ1v) is 7.13. The van der Waals surface area contributed by atoms with Gasteiger partial charge in [0.2, 0.25) is 0 Å². The van der Waals surface area contributed by atoms with E-state index in [0.29, 0.717) is 13.1 Å². The van der Waals surface area contributed by atoms with E-state index in [1.54, 1.807) is 0 Å². The molecule has 0 radical (unpaired) electrons. The second kappa shape index (κ2) is 8.49. The van der Waals surface area contributed by atoms with Crippen LogP contribution in [0.4, 0.5) is 0 Å². The summed E-state index contributed by atoms with van der Waals surface area (Å²) in [6.07, 6.45) is 4.45. The first kappa shape index (κ1) is 16.4. The molecule has 0 saturated carbocycles. The standard InChI is InChI=1S/C18H25NO/c1-5-12-19(13-6-2)16(4)18(20)15(3)14-17-10-8-7-9-11-17/h5-11,15-16H,1-2,12-14H2,3-4H3. The zero-order valence-corrected chi connectivity index (χ0v) is 12.6. The molecule has 0 N–H and O–H groups in total. The lowest BCUT2D eigenvalue weighted by Crippen LogP contribution is -2.42. The largest absolute Gasteiger partial charge is 0.298 e. The maximum Gasteiger partial charge on any atom is 0.152 e. The highest BCUT2D eigenvalue weighted by atomic mass is 16.1. The number of rotatable bonds is 9. The van der Waals surface area contributed by atoms with Gasteiger partial charge in [-0.3, -0.25) is 9.69 Å². The molecule has 0 aromatic heterocycles. The Kier molecular flexibility index (Phi) is 6.96. The van der Waals surface area contributed by atoms with Crippen LogP contribution in [0.2, 0.25) is 0 Å². The Balaban J connectivity index is 2.66. The second-order valence-electron chi connectivity index (χ2n) is 5.20. The van der Waals surface area contributed by atoms with Gasteiger partial charge in [0.15, 0.2) is 5.78 Å². The zero-order valence-electron chi connectivity index (χ0n) is 12.6. The summed E-state index contributed by atoms with van der Waals surface area (Å²) in [6.45, 7) is 12.9. The molecule has 1 rings (SSSR count). The van der Waals surface area contributed by atoms with Crippen molar-refractivity contribution in [3.05, 3.63) is 61.2 Å². The summed E-state index contributed by atoms with van der Waals surface area (Å²) in [5, 5.41) is 0. The van der Waals surface area contributed by atoms with Crippen LogP contribution in [0.5, 0.6) is 0 Å². The molecule has 0 aliphatic carbocycles. The van der Waals surface area contributed by atoms with Crippen LogP contribution in [0.3, 0.4) is 0 Å². The van der Waals surface area contributed by atoms with Gasteiger partial charge in [0, 0.05) is 19.0 Å². The molecular formula is C18H25NO. The van der Waals surface area contributed by atoms with Crippen molar-refractivity contribution in [2.24, 2.45) is 5.92 Å². The number of Topliss-reactive ketones (excluding diaryl/α,β-unsaturated/α-hetero) is 1. The molecule has 0 spiro atoms. The van der Waals surface area contributed by atoms with Gasteiger partial charge in [-0.2, -0.15) is 0 Å². The number of carbonyl (C=O) groups excluding carboxylic acids is 1. The van der Waals surface area contributed by atoms with Crippen LogP contribution in [0, 0.1) is 5.92 Å². The van der Waals surface area contributed by atoms with Crippen LogP contribution in [0.25, 0.3) is 0 Å². The number of nitrogens with zero attached hydrogens (tertiary/aromatic N) is 1. The van der Waals surface area contributed by atoms with Crippen molar-refractivity contribution in [3.63, 3.8) is 0 Å². The third-order valence-electron chi connectivity index (χ3n) is 3.56. The molecule has 2 nitrogen and oxygen atoms in total. The summed E-state index contributed by atoms with van der Waals surface area (Å²) in [5.74, 6) is 0.294.